The van der Waals surface area contributed by atoms with Gasteiger partial charge in [0.05, 0.1) is 0 Å². The topological polar surface area (TPSA) is 51.7 Å². The van der Waals surface area contributed by atoms with Gasteiger partial charge in [0.2, 0.25) is 0 Å². The van der Waals surface area contributed by atoms with Crippen molar-refractivity contribution in [2.24, 2.45) is 0 Å². The number of pyridine rings is 1. The predicted molar refractivity (Wildman–Crippen MR) is 121 cm³/mol. The average Bonchev–Trinajstić information content (AvgIpc) is 2.83. The van der Waals surface area contributed by atoms with Crippen LogP contribution >= 0.6 is 0 Å². The highest BCUT2D eigenvalue weighted by molar-refractivity contribution is 5.92. The zero-order valence-electron chi connectivity index (χ0n) is 18.0. The first kappa shape index (κ1) is 20.8. The highest BCUT2D eigenvalue weighted by atomic mass is 16.2. The third-order valence-corrected chi connectivity index (χ3v) is 6.14. The maximum absolute atomic E-state index is 13.1. The minimum atomic E-state index is 0.0572. The largest absolute Gasteiger partial charge is 0.353 e. The van der Waals surface area contributed by atoms with Crippen molar-refractivity contribution in [3.05, 3.63) is 59.8 Å². The minimum Gasteiger partial charge on any atom is -0.353 e. The number of nitrogens with one attached hydrogen (secondary N) is 1. The molecule has 2 aliphatic rings. The fourth-order valence-electron chi connectivity index (χ4n) is 4.30. The molecule has 2 aromatic rings. The first-order chi connectivity index (χ1) is 14.7. The van der Waals surface area contributed by atoms with E-state index >= 15 is 0 Å². The molecule has 2 saturated heterocycles. The van der Waals surface area contributed by atoms with Crippen LogP contribution < -0.4 is 10.2 Å². The molecule has 0 spiro atoms. The Kier molecular flexibility index (Phi) is 6.97. The summed E-state index contributed by atoms with van der Waals surface area (Å²) in [6, 6.07) is 16.6. The number of nitrogens with zero attached hydrogens (tertiary/aromatic N) is 4. The molecule has 0 aliphatic carbocycles. The molecule has 1 N–H and O–H groups in total. The van der Waals surface area contributed by atoms with E-state index in [1.165, 1.54) is 18.4 Å². The Morgan fingerprint density at radius 2 is 1.83 bits per heavy atom. The van der Waals surface area contributed by atoms with Crippen LogP contribution in [-0.4, -0.2) is 73.0 Å². The van der Waals surface area contributed by atoms with Crippen LogP contribution in [0.5, 0.6) is 0 Å². The molecule has 0 unspecified atom stereocenters. The Bertz CT molecular complexity index is 819. The standard InChI is InChI=1S/C24H33N5O/c1-2-3-13-27-15-17-28(18-16-27)24(30)21-10-7-11-23(26-21)29-14-12-25-22(19-29)20-8-5-4-6-9-20/h4-11,22,25H,2-3,12-19H2,1H3/t22-/m1/s1. The predicted octanol–water partition coefficient (Wildman–Crippen LogP) is 2.79. The van der Waals surface area contributed by atoms with E-state index in [4.69, 9.17) is 4.98 Å². The van der Waals surface area contributed by atoms with Crippen molar-refractivity contribution in [3.63, 3.8) is 0 Å². The molecule has 0 saturated carbocycles. The Balaban J connectivity index is 1.39. The van der Waals surface area contributed by atoms with Crippen LogP contribution in [0.1, 0.15) is 41.9 Å². The van der Waals surface area contributed by atoms with E-state index in [1.54, 1.807) is 0 Å². The first-order valence-electron chi connectivity index (χ1n) is 11.3. The molecular formula is C24H33N5O. The van der Waals surface area contributed by atoms with Gasteiger partial charge in [0.1, 0.15) is 11.5 Å². The van der Waals surface area contributed by atoms with E-state index in [0.29, 0.717) is 5.69 Å². The molecule has 1 aromatic carbocycles. The van der Waals surface area contributed by atoms with Gasteiger partial charge in [0.25, 0.3) is 5.91 Å². The van der Waals surface area contributed by atoms with E-state index in [1.807, 2.05) is 29.2 Å². The van der Waals surface area contributed by atoms with Crippen LogP contribution in [0.3, 0.4) is 0 Å². The second-order valence-corrected chi connectivity index (χ2v) is 8.23. The van der Waals surface area contributed by atoms with Gasteiger partial charge in [-0.3, -0.25) is 9.69 Å². The summed E-state index contributed by atoms with van der Waals surface area (Å²) < 4.78 is 0. The number of carbonyl (C=O) groups excluding carboxylic acids is 1. The fraction of sp³-hybridized carbons (Fsp3) is 0.500. The Labute approximate surface area is 179 Å². The number of rotatable bonds is 6. The second kappa shape index (κ2) is 10.0. The van der Waals surface area contributed by atoms with Gasteiger partial charge < -0.3 is 15.1 Å². The minimum absolute atomic E-state index is 0.0572. The number of piperazine rings is 2. The number of hydrogen-bond acceptors (Lipinski definition) is 5. The van der Waals surface area contributed by atoms with Crippen molar-refractivity contribution in [2.75, 3.05) is 57.3 Å². The maximum Gasteiger partial charge on any atom is 0.272 e. The number of benzene rings is 1. The van der Waals surface area contributed by atoms with Crippen molar-refractivity contribution < 1.29 is 4.79 Å². The molecule has 160 valence electrons. The molecule has 6 heteroatoms. The maximum atomic E-state index is 13.1. The van der Waals surface area contributed by atoms with E-state index < -0.39 is 0 Å². The quantitative estimate of drug-likeness (QED) is 0.798. The molecule has 1 aromatic heterocycles. The highest BCUT2D eigenvalue weighted by Gasteiger charge is 2.25. The zero-order chi connectivity index (χ0) is 20.8. The van der Waals surface area contributed by atoms with E-state index in [2.05, 4.69) is 46.3 Å². The third-order valence-electron chi connectivity index (χ3n) is 6.14. The lowest BCUT2D eigenvalue weighted by atomic mass is 10.0. The molecule has 2 fully saturated rings. The lowest BCUT2D eigenvalue weighted by molar-refractivity contribution is 0.0630. The molecule has 6 nitrogen and oxygen atoms in total. The van der Waals surface area contributed by atoms with Crippen molar-refractivity contribution in [3.8, 4) is 0 Å². The number of amides is 1. The van der Waals surface area contributed by atoms with Gasteiger partial charge in [-0.1, -0.05) is 49.7 Å². The second-order valence-electron chi connectivity index (χ2n) is 8.23. The Morgan fingerprint density at radius 3 is 2.60 bits per heavy atom. The summed E-state index contributed by atoms with van der Waals surface area (Å²) in [6.45, 7) is 9.50. The van der Waals surface area contributed by atoms with Crippen LogP contribution in [0.15, 0.2) is 48.5 Å². The highest BCUT2D eigenvalue weighted by Crippen LogP contribution is 2.22. The van der Waals surface area contributed by atoms with E-state index in [-0.39, 0.29) is 11.9 Å². The van der Waals surface area contributed by atoms with Crippen molar-refractivity contribution in [2.45, 2.75) is 25.8 Å². The number of carbonyl (C=O) groups is 1. The molecule has 4 rings (SSSR count). The zero-order valence-corrected chi connectivity index (χ0v) is 18.0. The summed E-state index contributed by atoms with van der Waals surface area (Å²) >= 11 is 0. The number of unbranched alkanes of at least 4 members (excludes halogenated alkanes) is 1. The molecule has 0 bridgehead atoms. The van der Waals surface area contributed by atoms with Crippen LogP contribution in [0.4, 0.5) is 5.82 Å². The lowest BCUT2D eigenvalue weighted by Crippen LogP contribution is -2.49. The van der Waals surface area contributed by atoms with E-state index in [9.17, 15) is 4.79 Å². The van der Waals surface area contributed by atoms with Gasteiger partial charge in [0, 0.05) is 51.9 Å². The monoisotopic (exact) mass is 407 g/mol. The van der Waals surface area contributed by atoms with Crippen molar-refractivity contribution in [1.82, 2.24) is 20.1 Å². The van der Waals surface area contributed by atoms with Gasteiger partial charge in [0.15, 0.2) is 0 Å². The molecule has 1 atom stereocenters. The van der Waals surface area contributed by atoms with Crippen molar-refractivity contribution >= 4 is 11.7 Å². The van der Waals surface area contributed by atoms with Gasteiger partial charge in [-0.05, 0) is 30.7 Å². The molecular weight excluding hydrogens is 374 g/mol. The van der Waals surface area contributed by atoms with Crippen LogP contribution in [0.2, 0.25) is 0 Å². The molecule has 0 radical (unpaired) electrons. The lowest BCUT2D eigenvalue weighted by Gasteiger charge is -2.36. The number of hydrogen-bond donors (Lipinski definition) is 1. The van der Waals surface area contributed by atoms with Gasteiger partial charge in [-0.15, -0.1) is 0 Å². The Hall–Kier alpha value is -2.44. The van der Waals surface area contributed by atoms with E-state index in [0.717, 1.165) is 58.2 Å². The molecule has 2 aliphatic heterocycles. The van der Waals surface area contributed by atoms with Gasteiger partial charge in [-0.2, -0.15) is 0 Å². The summed E-state index contributed by atoms with van der Waals surface area (Å²) in [5.74, 6) is 0.951. The fourth-order valence-corrected chi connectivity index (χ4v) is 4.30. The summed E-state index contributed by atoms with van der Waals surface area (Å²) in [7, 11) is 0. The third kappa shape index (κ3) is 4.99. The van der Waals surface area contributed by atoms with Gasteiger partial charge >= 0.3 is 0 Å². The van der Waals surface area contributed by atoms with Crippen LogP contribution in [0, 0.1) is 0 Å². The van der Waals surface area contributed by atoms with Gasteiger partial charge in [-0.25, -0.2) is 4.98 Å². The van der Waals surface area contributed by atoms with Crippen LogP contribution in [-0.2, 0) is 0 Å². The first-order valence-corrected chi connectivity index (χ1v) is 11.3. The number of aromatic nitrogens is 1. The summed E-state index contributed by atoms with van der Waals surface area (Å²) in [4.78, 5) is 24.5. The Morgan fingerprint density at radius 1 is 1.03 bits per heavy atom. The van der Waals surface area contributed by atoms with Crippen LogP contribution in [0.25, 0.3) is 0 Å². The normalized spacial score (nSPS) is 20.4. The summed E-state index contributed by atoms with van der Waals surface area (Å²) in [5, 5.41) is 3.59. The molecule has 3 heterocycles. The molecule has 1 amide bonds. The summed E-state index contributed by atoms with van der Waals surface area (Å²) in [6.07, 6.45) is 2.44. The average molecular weight is 408 g/mol. The SMILES string of the molecule is CCCCN1CCN(C(=O)c2cccc(N3CCN[C@@H](c4ccccc4)C3)n2)CC1. The smallest absolute Gasteiger partial charge is 0.272 e. The number of anilines is 1. The van der Waals surface area contributed by atoms with Crippen molar-refractivity contribution in [1.29, 1.82) is 0 Å². The molecule has 30 heavy (non-hydrogen) atoms. The summed E-state index contributed by atoms with van der Waals surface area (Å²) in [5.41, 5.74) is 1.85.